The van der Waals surface area contributed by atoms with Crippen LogP contribution in [0.4, 0.5) is 5.69 Å². The van der Waals surface area contributed by atoms with E-state index < -0.39 is 0 Å². The molecular weight excluding hydrogens is 262 g/mol. The average molecular weight is 291 g/mol. The molecule has 0 aromatic heterocycles. The Morgan fingerprint density at radius 3 is 2.38 bits per heavy atom. The third kappa shape index (κ3) is 7.74. The van der Waals surface area contributed by atoms with Gasteiger partial charge < -0.3 is 10.5 Å². The summed E-state index contributed by atoms with van der Waals surface area (Å²) in [5.41, 5.74) is 7.53. The Morgan fingerprint density at radius 1 is 1.10 bits per heavy atom. The van der Waals surface area contributed by atoms with Gasteiger partial charge in [0.15, 0.2) is 0 Å². The second kappa shape index (κ2) is 10.3. The largest absolute Gasteiger partial charge is 0.466 e. The topological polar surface area (TPSA) is 52.3 Å². The maximum Gasteiger partial charge on any atom is 0.306 e. The van der Waals surface area contributed by atoms with Crippen molar-refractivity contribution in [1.82, 2.24) is 0 Å². The quantitative estimate of drug-likeness (QED) is 0.387. The Hall–Kier alpha value is -1.51. The highest BCUT2D eigenvalue weighted by Crippen LogP contribution is 2.20. The van der Waals surface area contributed by atoms with Crippen LogP contribution in [0.25, 0.3) is 0 Å². The van der Waals surface area contributed by atoms with E-state index in [9.17, 15) is 4.79 Å². The highest BCUT2D eigenvalue weighted by molar-refractivity contribution is 5.70. The van der Waals surface area contributed by atoms with Crippen molar-refractivity contribution in [3.05, 3.63) is 29.8 Å². The summed E-state index contributed by atoms with van der Waals surface area (Å²) in [5, 5.41) is 0. The smallest absolute Gasteiger partial charge is 0.306 e. The number of anilines is 1. The Kier molecular flexibility index (Phi) is 8.56. The number of carbonyl (C=O) groups is 1. The van der Waals surface area contributed by atoms with Crippen molar-refractivity contribution in [3.63, 3.8) is 0 Å². The van der Waals surface area contributed by atoms with Crippen molar-refractivity contribution < 1.29 is 9.53 Å². The van der Waals surface area contributed by atoms with Gasteiger partial charge in [-0.3, -0.25) is 4.79 Å². The zero-order valence-electron chi connectivity index (χ0n) is 13.4. The van der Waals surface area contributed by atoms with Gasteiger partial charge in [-0.1, -0.05) is 58.1 Å². The lowest BCUT2D eigenvalue weighted by Gasteiger charge is -2.12. The first-order chi connectivity index (χ1) is 10.1. The lowest BCUT2D eigenvalue weighted by atomic mass is 9.98. The number of carbonyl (C=O) groups excluding carboxylic acids is 1. The van der Waals surface area contributed by atoms with Crippen molar-refractivity contribution in [2.45, 2.75) is 64.7 Å². The molecule has 0 bridgehead atoms. The predicted molar refractivity (Wildman–Crippen MR) is 88.2 cm³/mol. The van der Waals surface area contributed by atoms with Gasteiger partial charge in [-0.15, -0.1) is 0 Å². The molecular formula is C18H29NO2. The number of hydrogen-bond acceptors (Lipinski definition) is 3. The summed E-state index contributed by atoms with van der Waals surface area (Å²) in [5.74, 6) is 0.0653. The van der Waals surface area contributed by atoms with Gasteiger partial charge in [0.1, 0.15) is 0 Å². The highest BCUT2D eigenvalue weighted by atomic mass is 16.5. The molecule has 0 heterocycles. The molecule has 1 aromatic rings. The van der Waals surface area contributed by atoms with Gasteiger partial charge in [-0.05, 0) is 30.0 Å². The monoisotopic (exact) mass is 291 g/mol. The van der Waals surface area contributed by atoms with Crippen molar-refractivity contribution in [1.29, 1.82) is 0 Å². The maximum atomic E-state index is 11.8. The molecule has 3 nitrogen and oxygen atoms in total. The lowest BCUT2D eigenvalue weighted by molar-refractivity contribution is -0.144. The van der Waals surface area contributed by atoms with E-state index >= 15 is 0 Å². The van der Waals surface area contributed by atoms with Crippen LogP contribution in [0.5, 0.6) is 0 Å². The molecule has 118 valence electrons. The molecule has 0 saturated heterocycles. The van der Waals surface area contributed by atoms with Gasteiger partial charge in [0, 0.05) is 5.69 Å². The summed E-state index contributed by atoms with van der Waals surface area (Å²) in [4.78, 5) is 11.8. The Labute approximate surface area is 128 Å². The van der Waals surface area contributed by atoms with Gasteiger partial charge >= 0.3 is 5.97 Å². The number of rotatable bonds is 10. The molecule has 0 radical (unpaired) electrons. The summed E-state index contributed by atoms with van der Waals surface area (Å²) in [6.45, 7) is 4.81. The van der Waals surface area contributed by atoms with Crippen LogP contribution < -0.4 is 5.73 Å². The van der Waals surface area contributed by atoms with E-state index in [-0.39, 0.29) is 11.9 Å². The third-order valence-electron chi connectivity index (χ3n) is 3.74. The van der Waals surface area contributed by atoms with Gasteiger partial charge in [0.05, 0.1) is 13.0 Å². The molecule has 2 N–H and O–H groups in total. The standard InChI is InChI=1S/C18H29NO2/c1-3-4-5-6-7-8-13-21-18(20)14-15(2)16-9-11-17(19)12-10-16/h9-12,15H,3-8,13-14,19H2,1-2H3. The first kappa shape index (κ1) is 17.5. The highest BCUT2D eigenvalue weighted by Gasteiger charge is 2.12. The normalized spacial score (nSPS) is 12.1. The average Bonchev–Trinajstić information content (AvgIpc) is 2.47. The van der Waals surface area contributed by atoms with Crippen LogP contribution in [-0.4, -0.2) is 12.6 Å². The fourth-order valence-electron chi connectivity index (χ4n) is 2.32. The molecule has 1 atom stereocenters. The molecule has 1 rings (SSSR count). The molecule has 0 fully saturated rings. The minimum Gasteiger partial charge on any atom is -0.466 e. The van der Waals surface area contributed by atoms with Crippen LogP contribution in [0.15, 0.2) is 24.3 Å². The number of nitrogen functional groups attached to an aromatic ring is 1. The fourth-order valence-corrected chi connectivity index (χ4v) is 2.32. The van der Waals surface area contributed by atoms with Gasteiger partial charge in [0.25, 0.3) is 0 Å². The van der Waals surface area contributed by atoms with Crippen molar-refractivity contribution in [3.8, 4) is 0 Å². The summed E-state index contributed by atoms with van der Waals surface area (Å²) in [6.07, 6.45) is 7.66. The summed E-state index contributed by atoms with van der Waals surface area (Å²) >= 11 is 0. The summed E-state index contributed by atoms with van der Waals surface area (Å²) < 4.78 is 5.30. The SMILES string of the molecule is CCCCCCCCOC(=O)CC(C)c1ccc(N)cc1. The zero-order chi connectivity index (χ0) is 15.5. The predicted octanol–water partition coefficient (Wildman–Crippen LogP) is 4.67. The van der Waals surface area contributed by atoms with Crippen molar-refractivity contribution in [2.24, 2.45) is 0 Å². The first-order valence-electron chi connectivity index (χ1n) is 8.14. The van der Waals surface area contributed by atoms with Gasteiger partial charge in [-0.25, -0.2) is 0 Å². The third-order valence-corrected chi connectivity index (χ3v) is 3.74. The zero-order valence-corrected chi connectivity index (χ0v) is 13.4. The van der Waals surface area contributed by atoms with E-state index in [0.717, 1.165) is 24.1 Å². The Morgan fingerprint density at radius 2 is 1.71 bits per heavy atom. The second-order valence-corrected chi connectivity index (χ2v) is 5.76. The molecule has 0 aliphatic rings. The van der Waals surface area contributed by atoms with Crippen LogP contribution >= 0.6 is 0 Å². The lowest BCUT2D eigenvalue weighted by Crippen LogP contribution is -2.09. The van der Waals surface area contributed by atoms with E-state index in [1.165, 1.54) is 25.7 Å². The molecule has 0 aliphatic heterocycles. The number of esters is 1. The summed E-state index contributed by atoms with van der Waals surface area (Å²) in [7, 11) is 0. The van der Waals surface area contributed by atoms with Gasteiger partial charge in [0.2, 0.25) is 0 Å². The van der Waals surface area contributed by atoms with E-state index in [0.29, 0.717) is 13.0 Å². The van der Waals surface area contributed by atoms with Crippen LogP contribution in [0.2, 0.25) is 0 Å². The molecule has 1 unspecified atom stereocenters. The van der Waals surface area contributed by atoms with Crippen LogP contribution in [0.3, 0.4) is 0 Å². The number of nitrogens with two attached hydrogens (primary N) is 1. The van der Waals surface area contributed by atoms with Crippen LogP contribution in [0, 0.1) is 0 Å². The number of benzene rings is 1. The molecule has 21 heavy (non-hydrogen) atoms. The Bertz CT molecular complexity index is 400. The minimum atomic E-state index is -0.104. The molecule has 0 aliphatic carbocycles. The first-order valence-corrected chi connectivity index (χ1v) is 8.14. The molecule has 0 saturated carbocycles. The van der Waals surface area contributed by atoms with Crippen LogP contribution in [-0.2, 0) is 9.53 Å². The molecule has 1 aromatic carbocycles. The molecule has 0 amide bonds. The van der Waals surface area contributed by atoms with E-state index in [1.54, 1.807) is 0 Å². The minimum absolute atomic E-state index is 0.104. The second-order valence-electron chi connectivity index (χ2n) is 5.76. The molecule has 0 spiro atoms. The van der Waals surface area contributed by atoms with Crippen molar-refractivity contribution >= 4 is 11.7 Å². The van der Waals surface area contributed by atoms with Crippen LogP contribution in [0.1, 0.15) is 70.3 Å². The summed E-state index contributed by atoms with van der Waals surface area (Å²) in [6, 6.07) is 7.68. The Balaban J connectivity index is 2.14. The number of unbranched alkanes of at least 4 members (excludes halogenated alkanes) is 5. The number of hydrogen-bond donors (Lipinski definition) is 1. The fraction of sp³-hybridized carbons (Fsp3) is 0.611. The van der Waals surface area contributed by atoms with Gasteiger partial charge in [-0.2, -0.15) is 0 Å². The molecule has 3 heteroatoms. The van der Waals surface area contributed by atoms with E-state index in [1.807, 2.05) is 31.2 Å². The maximum absolute atomic E-state index is 11.8. The van der Waals surface area contributed by atoms with Crippen molar-refractivity contribution in [2.75, 3.05) is 12.3 Å². The van der Waals surface area contributed by atoms with E-state index in [4.69, 9.17) is 10.5 Å². The number of ether oxygens (including phenoxy) is 1. The van der Waals surface area contributed by atoms with E-state index in [2.05, 4.69) is 6.92 Å².